The van der Waals surface area contributed by atoms with Gasteiger partial charge in [-0.3, -0.25) is 0 Å². The smallest absolute Gasteiger partial charge is 0.0922 e. The van der Waals surface area contributed by atoms with E-state index in [9.17, 15) is 0 Å². The Hall–Kier alpha value is -0.830. The average molecular weight is 125 g/mol. The number of aromatic nitrogens is 2. The third kappa shape index (κ3) is 1.85. The van der Waals surface area contributed by atoms with Gasteiger partial charge in [0.1, 0.15) is 0 Å². The minimum Gasteiger partial charge on any atom is -0.347 e. The van der Waals surface area contributed by atoms with E-state index in [1.807, 2.05) is 6.20 Å². The van der Waals surface area contributed by atoms with E-state index >= 15 is 0 Å². The molecule has 0 aliphatic heterocycles. The van der Waals surface area contributed by atoms with E-state index in [0.29, 0.717) is 0 Å². The van der Waals surface area contributed by atoms with Gasteiger partial charge in [-0.2, -0.15) is 0 Å². The Kier molecular flexibility index (Phi) is 2.27. The highest BCUT2D eigenvalue weighted by atomic mass is 14.9. The summed E-state index contributed by atoms with van der Waals surface area (Å²) in [6.45, 7) is 3.96. The molecule has 3 heteroatoms. The van der Waals surface area contributed by atoms with Crippen LogP contribution in [-0.2, 0) is 6.54 Å². The molecule has 0 saturated heterocycles. The standard InChI is InChI=1S/C6H11N3/c1-2-7-3-6-4-8-5-9-6/h4-5,7H,2-3H2,1H3,(H,8,9). The van der Waals surface area contributed by atoms with Crippen molar-refractivity contribution in [2.45, 2.75) is 13.5 Å². The first-order valence-corrected chi connectivity index (χ1v) is 3.11. The maximum atomic E-state index is 3.88. The van der Waals surface area contributed by atoms with Crippen LogP contribution in [0.4, 0.5) is 0 Å². The number of rotatable bonds is 3. The van der Waals surface area contributed by atoms with Crippen LogP contribution in [-0.4, -0.2) is 16.5 Å². The Morgan fingerprint density at radius 1 is 1.78 bits per heavy atom. The Morgan fingerprint density at radius 2 is 2.67 bits per heavy atom. The van der Waals surface area contributed by atoms with E-state index in [-0.39, 0.29) is 0 Å². The fraction of sp³-hybridized carbons (Fsp3) is 0.500. The van der Waals surface area contributed by atoms with Crippen LogP contribution in [0.15, 0.2) is 12.5 Å². The minimum absolute atomic E-state index is 0.885. The van der Waals surface area contributed by atoms with E-state index in [2.05, 4.69) is 22.2 Å². The van der Waals surface area contributed by atoms with Crippen LogP contribution in [0.5, 0.6) is 0 Å². The number of hydrogen-bond donors (Lipinski definition) is 2. The van der Waals surface area contributed by atoms with Crippen LogP contribution in [0, 0.1) is 0 Å². The average Bonchev–Trinajstić information content (AvgIpc) is 2.34. The van der Waals surface area contributed by atoms with Gasteiger partial charge in [0, 0.05) is 18.4 Å². The lowest BCUT2D eigenvalue weighted by atomic mass is 10.5. The van der Waals surface area contributed by atoms with Gasteiger partial charge < -0.3 is 10.3 Å². The van der Waals surface area contributed by atoms with Crippen LogP contribution < -0.4 is 5.32 Å². The number of H-pyrrole nitrogens is 1. The zero-order valence-electron chi connectivity index (χ0n) is 5.52. The SMILES string of the molecule is CCNCc1cnc[nH]1. The highest BCUT2D eigenvalue weighted by Crippen LogP contribution is 1.87. The lowest BCUT2D eigenvalue weighted by molar-refractivity contribution is 0.714. The van der Waals surface area contributed by atoms with E-state index in [1.54, 1.807) is 6.33 Å². The van der Waals surface area contributed by atoms with Crippen LogP contribution in [0.2, 0.25) is 0 Å². The summed E-state index contributed by atoms with van der Waals surface area (Å²) in [6, 6.07) is 0. The Labute approximate surface area is 54.5 Å². The molecule has 0 saturated carbocycles. The summed E-state index contributed by atoms with van der Waals surface area (Å²) in [7, 11) is 0. The molecule has 2 N–H and O–H groups in total. The third-order valence-corrected chi connectivity index (χ3v) is 1.12. The fourth-order valence-electron chi connectivity index (χ4n) is 0.641. The van der Waals surface area contributed by atoms with Gasteiger partial charge in [-0.05, 0) is 6.54 Å². The molecule has 0 atom stereocenters. The zero-order valence-corrected chi connectivity index (χ0v) is 5.52. The Balaban J connectivity index is 2.30. The van der Waals surface area contributed by atoms with Crippen molar-refractivity contribution in [3.05, 3.63) is 18.2 Å². The number of hydrogen-bond acceptors (Lipinski definition) is 2. The predicted molar refractivity (Wildman–Crippen MR) is 36.0 cm³/mol. The van der Waals surface area contributed by atoms with E-state index in [4.69, 9.17) is 0 Å². The highest BCUT2D eigenvalue weighted by Gasteiger charge is 1.88. The van der Waals surface area contributed by atoms with Gasteiger partial charge in [0.25, 0.3) is 0 Å². The van der Waals surface area contributed by atoms with Gasteiger partial charge >= 0.3 is 0 Å². The molecule has 0 bridgehead atoms. The molecular formula is C6H11N3. The number of nitrogens with one attached hydrogen (secondary N) is 2. The van der Waals surface area contributed by atoms with Gasteiger partial charge in [-0.1, -0.05) is 6.92 Å². The maximum Gasteiger partial charge on any atom is 0.0922 e. The van der Waals surface area contributed by atoms with Gasteiger partial charge in [0.15, 0.2) is 0 Å². The predicted octanol–water partition coefficient (Wildman–Crippen LogP) is 0.519. The van der Waals surface area contributed by atoms with Crippen LogP contribution in [0.25, 0.3) is 0 Å². The molecule has 3 nitrogen and oxygen atoms in total. The molecule has 0 unspecified atom stereocenters. The zero-order chi connectivity index (χ0) is 6.53. The van der Waals surface area contributed by atoms with E-state index in [0.717, 1.165) is 18.8 Å². The largest absolute Gasteiger partial charge is 0.347 e. The van der Waals surface area contributed by atoms with Crippen molar-refractivity contribution in [2.24, 2.45) is 0 Å². The summed E-state index contributed by atoms with van der Waals surface area (Å²) in [5.41, 5.74) is 1.14. The lowest BCUT2D eigenvalue weighted by Crippen LogP contribution is -2.11. The molecular weight excluding hydrogens is 114 g/mol. The van der Waals surface area contributed by atoms with E-state index in [1.165, 1.54) is 0 Å². The van der Waals surface area contributed by atoms with Gasteiger partial charge in [0.05, 0.1) is 6.33 Å². The molecule has 1 aromatic rings. The summed E-state index contributed by atoms with van der Waals surface area (Å²) in [6.07, 6.45) is 3.51. The molecule has 0 aliphatic rings. The second-order valence-corrected chi connectivity index (χ2v) is 1.86. The second-order valence-electron chi connectivity index (χ2n) is 1.86. The second kappa shape index (κ2) is 3.25. The molecule has 1 heterocycles. The summed E-state index contributed by atoms with van der Waals surface area (Å²) in [4.78, 5) is 6.88. The molecule has 0 amide bonds. The van der Waals surface area contributed by atoms with Crippen molar-refractivity contribution in [2.75, 3.05) is 6.54 Å². The van der Waals surface area contributed by atoms with Crippen LogP contribution in [0.3, 0.4) is 0 Å². The lowest BCUT2D eigenvalue weighted by Gasteiger charge is -1.94. The first-order chi connectivity index (χ1) is 4.43. The van der Waals surface area contributed by atoms with Crippen molar-refractivity contribution in [1.29, 1.82) is 0 Å². The summed E-state index contributed by atoms with van der Waals surface area (Å²) < 4.78 is 0. The van der Waals surface area contributed by atoms with Crippen LogP contribution in [0.1, 0.15) is 12.6 Å². The first-order valence-electron chi connectivity index (χ1n) is 3.11. The molecule has 1 aromatic heterocycles. The number of imidazole rings is 1. The quantitative estimate of drug-likeness (QED) is 0.618. The maximum absolute atomic E-state index is 3.88. The van der Waals surface area contributed by atoms with Gasteiger partial charge in [-0.25, -0.2) is 4.98 Å². The van der Waals surface area contributed by atoms with Crippen molar-refractivity contribution in [1.82, 2.24) is 15.3 Å². The normalized spacial score (nSPS) is 9.89. The number of aromatic amines is 1. The van der Waals surface area contributed by atoms with Crippen molar-refractivity contribution >= 4 is 0 Å². The third-order valence-electron chi connectivity index (χ3n) is 1.12. The van der Waals surface area contributed by atoms with Crippen LogP contribution >= 0.6 is 0 Å². The topological polar surface area (TPSA) is 40.7 Å². The molecule has 1 rings (SSSR count). The van der Waals surface area contributed by atoms with Crippen molar-refractivity contribution in [3.8, 4) is 0 Å². The summed E-state index contributed by atoms with van der Waals surface area (Å²) >= 11 is 0. The molecule has 50 valence electrons. The van der Waals surface area contributed by atoms with E-state index < -0.39 is 0 Å². The van der Waals surface area contributed by atoms with Gasteiger partial charge in [-0.15, -0.1) is 0 Å². The molecule has 0 radical (unpaired) electrons. The van der Waals surface area contributed by atoms with Crippen molar-refractivity contribution in [3.63, 3.8) is 0 Å². The first kappa shape index (κ1) is 6.29. The van der Waals surface area contributed by atoms with Gasteiger partial charge in [0.2, 0.25) is 0 Å². The minimum atomic E-state index is 0.885. The number of nitrogens with zero attached hydrogens (tertiary/aromatic N) is 1. The Bertz CT molecular complexity index is 145. The molecule has 0 aliphatic carbocycles. The van der Waals surface area contributed by atoms with Crippen molar-refractivity contribution < 1.29 is 0 Å². The fourth-order valence-corrected chi connectivity index (χ4v) is 0.641. The molecule has 0 fully saturated rings. The molecule has 0 aromatic carbocycles. The molecule has 9 heavy (non-hydrogen) atoms. The summed E-state index contributed by atoms with van der Waals surface area (Å²) in [5.74, 6) is 0. The highest BCUT2D eigenvalue weighted by molar-refractivity contribution is 4.92. The summed E-state index contributed by atoms with van der Waals surface area (Å²) in [5, 5.41) is 3.18. The molecule has 0 spiro atoms. The Morgan fingerprint density at radius 3 is 3.22 bits per heavy atom. The monoisotopic (exact) mass is 125 g/mol.